The van der Waals surface area contributed by atoms with E-state index in [2.05, 4.69) is 0 Å². The van der Waals surface area contributed by atoms with Gasteiger partial charge in [-0.05, 0) is 23.8 Å². The van der Waals surface area contributed by atoms with Crippen LogP contribution in [-0.2, 0) is 16.4 Å². The van der Waals surface area contributed by atoms with Crippen molar-refractivity contribution in [2.24, 2.45) is 0 Å². The molecule has 0 fully saturated rings. The molecule has 0 aliphatic rings. The highest BCUT2D eigenvalue weighted by atomic mass is 32.2. The first-order valence-corrected chi connectivity index (χ1v) is 7.62. The molecule has 0 bridgehead atoms. The summed E-state index contributed by atoms with van der Waals surface area (Å²) in [6.07, 6.45) is 1.15. The summed E-state index contributed by atoms with van der Waals surface area (Å²) in [4.78, 5) is 0.192. The summed E-state index contributed by atoms with van der Waals surface area (Å²) in [7, 11) is -3.24. The maximum atomic E-state index is 11.4. The number of ether oxygens (including phenoxy) is 1. The van der Waals surface area contributed by atoms with Gasteiger partial charge >= 0.3 is 0 Å². The van der Waals surface area contributed by atoms with Gasteiger partial charge in [0.2, 0.25) is 0 Å². The molecular weight excluding hydrogens is 262 g/mol. The fourth-order valence-corrected chi connectivity index (χ4v) is 2.28. The van der Waals surface area contributed by atoms with Gasteiger partial charge in [0.25, 0.3) is 0 Å². The minimum absolute atomic E-state index is 0.192. The molecule has 0 unspecified atom stereocenters. The normalized spacial score (nSPS) is 11.2. The summed E-state index contributed by atoms with van der Waals surface area (Å²) in [5.41, 5.74) is 7.13. The second-order valence-electron chi connectivity index (χ2n) is 4.25. The van der Waals surface area contributed by atoms with Gasteiger partial charge in [-0.25, -0.2) is 8.42 Å². The minimum atomic E-state index is -3.24. The van der Waals surface area contributed by atoms with Gasteiger partial charge in [-0.1, -0.05) is 30.3 Å². The second kappa shape index (κ2) is 5.32. The maximum absolute atomic E-state index is 11.4. The van der Waals surface area contributed by atoms with Crippen molar-refractivity contribution in [1.82, 2.24) is 0 Å². The van der Waals surface area contributed by atoms with E-state index in [1.807, 2.05) is 30.3 Å². The summed E-state index contributed by atoms with van der Waals surface area (Å²) in [6, 6.07) is 14.2. The predicted molar refractivity (Wildman–Crippen MR) is 74.7 cm³/mol. The number of hydrogen-bond donors (Lipinski definition) is 1. The Kier molecular flexibility index (Phi) is 3.76. The van der Waals surface area contributed by atoms with Crippen molar-refractivity contribution >= 4 is 15.5 Å². The molecule has 0 amide bonds. The van der Waals surface area contributed by atoms with Gasteiger partial charge in [0.15, 0.2) is 9.84 Å². The van der Waals surface area contributed by atoms with Crippen LogP contribution >= 0.6 is 0 Å². The zero-order chi connectivity index (χ0) is 13.9. The van der Waals surface area contributed by atoms with Crippen LogP contribution in [0.3, 0.4) is 0 Å². The molecule has 2 aromatic rings. The van der Waals surface area contributed by atoms with Crippen LogP contribution in [0.1, 0.15) is 5.56 Å². The molecule has 2 rings (SSSR count). The maximum Gasteiger partial charge on any atom is 0.175 e. The predicted octanol–water partition coefficient (Wildman–Crippen LogP) is 2.25. The SMILES string of the molecule is CS(=O)(=O)c1ccc(OCc2ccccc2)c(N)c1. The molecule has 0 saturated carbocycles. The van der Waals surface area contributed by atoms with Crippen molar-refractivity contribution in [2.75, 3.05) is 12.0 Å². The van der Waals surface area contributed by atoms with Gasteiger partial charge in [-0.15, -0.1) is 0 Å². The van der Waals surface area contributed by atoms with Gasteiger partial charge in [0, 0.05) is 6.26 Å². The molecule has 0 atom stereocenters. The van der Waals surface area contributed by atoms with Crippen molar-refractivity contribution in [1.29, 1.82) is 0 Å². The molecule has 0 saturated heterocycles. The van der Waals surface area contributed by atoms with Crippen LogP contribution in [0.15, 0.2) is 53.4 Å². The van der Waals surface area contributed by atoms with Crippen molar-refractivity contribution in [3.8, 4) is 5.75 Å². The first-order valence-electron chi connectivity index (χ1n) is 5.73. The van der Waals surface area contributed by atoms with Crippen LogP contribution in [0.4, 0.5) is 5.69 Å². The third-order valence-corrected chi connectivity index (χ3v) is 3.76. The van der Waals surface area contributed by atoms with Crippen LogP contribution in [0.2, 0.25) is 0 Å². The number of anilines is 1. The lowest BCUT2D eigenvalue weighted by atomic mass is 10.2. The van der Waals surface area contributed by atoms with Gasteiger partial charge in [0.1, 0.15) is 12.4 Å². The van der Waals surface area contributed by atoms with E-state index in [1.54, 1.807) is 6.07 Å². The van der Waals surface area contributed by atoms with E-state index in [0.29, 0.717) is 18.0 Å². The Morgan fingerprint density at radius 2 is 1.79 bits per heavy atom. The van der Waals surface area contributed by atoms with E-state index in [0.717, 1.165) is 11.8 Å². The standard InChI is InChI=1S/C14H15NO3S/c1-19(16,17)12-7-8-14(13(15)9-12)18-10-11-5-3-2-4-6-11/h2-9H,10,15H2,1H3. The molecule has 0 heterocycles. The number of rotatable bonds is 4. The minimum Gasteiger partial charge on any atom is -0.487 e. The number of benzene rings is 2. The van der Waals surface area contributed by atoms with Crippen LogP contribution < -0.4 is 10.5 Å². The summed E-state index contributed by atoms with van der Waals surface area (Å²) in [5, 5.41) is 0. The molecule has 2 N–H and O–H groups in total. The van der Waals surface area contributed by atoms with Crippen LogP contribution in [0.25, 0.3) is 0 Å². The molecule has 0 aliphatic carbocycles. The monoisotopic (exact) mass is 277 g/mol. The van der Waals surface area contributed by atoms with E-state index >= 15 is 0 Å². The fraction of sp³-hybridized carbons (Fsp3) is 0.143. The fourth-order valence-electron chi connectivity index (χ4n) is 1.62. The molecule has 100 valence electrons. The summed E-state index contributed by atoms with van der Waals surface area (Å²) < 4.78 is 28.3. The Balaban J connectivity index is 2.14. The first-order chi connectivity index (χ1) is 8.97. The van der Waals surface area contributed by atoms with Gasteiger partial charge in [-0.2, -0.15) is 0 Å². The van der Waals surface area contributed by atoms with Gasteiger partial charge in [0.05, 0.1) is 10.6 Å². The Bertz CT molecular complexity index is 666. The lowest BCUT2D eigenvalue weighted by molar-refractivity contribution is 0.308. The summed E-state index contributed by atoms with van der Waals surface area (Å²) in [6.45, 7) is 0.392. The highest BCUT2D eigenvalue weighted by Gasteiger charge is 2.10. The Labute approximate surface area is 112 Å². The number of hydrogen-bond acceptors (Lipinski definition) is 4. The highest BCUT2D eigenvalue weighted by Crippen LogP contribution is 2.25. The second-order valence-corrected chi connectivity index (χ2v) is 6.26. The molecule has 19 heavy (non-hydrogen) atoms. The smallest absolute Gasteiger partial charge is 0.175 e. The van der Waals surface area contributed by atoms with Crippen molar-refractivity contribution in [3.05, 3.63) is 54.1 Å². The van der Waals surface area contributed by atoms with E-state index in [1.165, 1.54) is 12.1 Å². The van der Waals surface area contributed by atoms with Crippen LogP contribution in [0, 0.1) is 0 Å². The Morgan fingerprint density at radius 1 is 1.11 bits per heavy atom. The summed E-state index contributed by atoms with van der Waals surface area (Å²) in [5.74, 6) is 0.483. The van der Waals surface area contributed by atoms with E-state index in [-0.39, 0.29) is 4.90 Å². The quantitative estimate of drug-likeness (QED) is 0.870. The van der Waals surface area contributed by atoms with Crippen LogP contribution in [-0.4, -0.2) is 14.7 Å². The molecule has 4 nitrogen and oxygen atoms in total. The zero-order valence-corrected chi connectivity index (χ0v) is 11.4. The largest absolute Gasteiger partial charge is 0.487 e. The number of sulfone groups is 1. The number of nitrogens with two attached hydrogens (primary N) is 1. The molecule has 2 aromatic carbocycles. The molecule has 5 heteroatoms. The summed E-state index contributed by atoms with van der Waals surface area (Å²) >= 11 is 0. The molecule has 0 aliphatic heterocycles. The average Bonchev–Trinajstić information content (AvgIpc) is 2.37. The van der Waals surface area contributed by atoms with E-state index in [9.17, 15) is 8.42 Å². The lowest BCUT2D eigenvalue weighted by Crippen LogP contribution is -2.02. The number of nitrogen functional groups attached to an aromatic ring is 1. The van der Waals surface area contributed by atoms with E-state index < -0.39 is 9.84 Å². The average molecular weight is 277 g/mol. The van der Waals surface area contributed by atoms with Crippen LogP contribution in [0.5, 0.6) is 5.75 Å². The topological polar surface area (TPSA) is 69.4 Å². The molecular formula is C14H15NO3S. The highest BCUT2D eigenvalue weighted by molar-refractivity contribution is 7.90. The van der Waals surface area contributed by atoms with Gasteiger partial charge < -0.3 is 10.5 Å². The van der Waals surface area contributed by atoms with Crippen molar-refractivity contribution < 1.29 is 13.2 Å². The Morgan fingerprint density at radius 3 is 2.37 bits per heavy atom. The Hall–Kier alpha value is -2.01. The van der Waals surface area contributed by atoms with Gasteiger partial charge in [-0.3, -0.25) is 0 Å². The third-order valence-electron chi connectivity index (χ3n) is 2.65. The van der Waals surface area contributed by atoms with Crippen molar-refractivity contribution in [3.63, 3.8) is 0 Å². The van der Waals surface area contributed by atoms with E-state index in [4.69, 9.17) is 10.5 Å². The first kappa shape index (κ1) is 13.4. The molecule has 0 aromatic heterocycles. The third kappa shape index (κ3) is 3.48. The van der Waals surface area contributed by atoms with Crippen molar-refractivity contribution in [2.45, 2.75) is 11.5 Å². The molecule has 0 radical (unpaired) electrons. The zero-order valence-electron chi connectivity index (χ0n) is 10.5. The molecule has 0 spiro atoms. The lowest BCUT2D eigenvalue weighted by Gasteiger charge is -2.10.